The largest absolute Gasteiger partial charge is 0.355 e. The van der Waals surface area contributed by atoms with Crippen molar-refractivity contribution in [3.05, 3.63) is 30.3 Å². The average molecular weight is 451 g/mol. The minimum absolute atomic E-state index is 0.195. The lowest BCUT2D eigenvalue weighted by molar-refractivity contribution is -0.123. The fourth-order valence-corrected chi connectivity index (χ4v) is 8.23. The summed E-state index contributed by atoms with van der Waals surface area (Å²) >= 11 is 1.62. The molecule has 1 aromatic carbocycles. The summed E-state index contributed by atoms with van der Waals surface area (Å²) in [7, 11) is -3.72. The minimum Gasteiger partial charge on any atom is -0.355 e. The number of carbonyl (C=O) groups excluding carboxylic acids is 1. The molecule has 5 rings (SSSR count). The molecular weight excluding hydrogens is 416 g/mol. The quantitative estimate of drug-likeness (QED) is 0.568. The van der Waals surface area contributed by atoms with Gasteiger partial charge in [0.25, 0.3) is 0 Å². The molecule has 30 heavy (non-hydrogen) atoms. The predicted molar refractivity (Wildman–Crippen MR) is 122 cm³/mol. The summed E-state index contributed by atoms with van der Waals surface area (Å²) in [4.78, 5) is 13.1. The summed E-state index contributed by atoms with van der Waals surface area (Å²) in [5, 5.41) is 3.07. The van der Waals surface area contributed by atoms with Crippen LogP contribution in [-0.2, 0) is 14.8 Å². The van der Waals surface area contributed by atoms with E-state index in [1.54, 1.807) is 42.1 Å². The van der Waals surface area contributed by atoms with Crippen LogP contribution in [0.25, 0.3) is 0 Å². The van der Waals surface area contributed by atoms with Gasteiger partial charge in [-0.05, 0) is 98.7 Å². The van der Waals surface area contributed by atoms with Gasteiger partial charge in [0.05, 0.1) is 4.90 Å². The van der Waals surface area contributed by atoms with Gasteiger partial charge in [0.2, 0.25) is 15.9 Å². The number of benzene rings is 1. The first kappa shape index (κ1) is 22.2. The summed E-state index contributed by atoms with van der Waals surface area (Å²) in [5.41, 5.74) is 0.417. The van der Waals surface area contributed by atoms with Crippen LogP contribution in [0.15, 0.2) is 35.2 Å². The van der Waals surface area contributed by atoms with Crippen molar-refractivity contribution in [2.75, 3.05) is 18.6 Å². The molecule has 4 aliphatic rings. The number of thioether (sulfide) groups is 1. The van der Waals surface area contributed by atoms with Gasteiger partial charge >= 0.3 is 0 Å². The molecule has 0 heterocycles. The molecule has 2 N–H and O–H groups in total. The van der Waals surface area contributed by atoms with Crippen molar-refractivity contribution in [1.29, 1.82) is 0 Å². The standard InChI is InChI=1S/C23H34N2O3S2/c1-29-10-7-21(25-30(27,28)20-5-3-2-4-6-20)22(26)24-9-8-23-14-17-11-18(15-23)13-19(12-17)16-23/h2-6,17-19,21,25H,7-16H2,1H3,(H,24,26). The van der Waals surface area contributed by atoms with Crippen LogP contribution in [0.2, 0.25) is 0 Å². The van der Waals surface area contributed by atoms with Crippen molar-refractivity contribution < 1.29 is 13.2 Å². The van der Waals surface area contributed by atoms with Gasteiger partial charge in [-0.25, -0.2) is 8.42 Å². The molecule has 1 amide bonds. The minimum atomic E-state index is -3.72. The summed E-state index contributed by atoms with van der Waals surface area (Å²) in [5.74, 6) is 3.23. The Morgan fingerprint density at radius 1 is 1.10 bits per heavy atom. The molecule has 0 spiro atoms. The molecule has 4 fully saturated rings. The predicted octanol–water partition coefficient (Wildman–Crippen LogP) is 3.81. The number of amides is 1. The Hall–Kier alpha value is -1.05. The molecule has 1 atom stereocenters. The van der Waals surface area contributed by atoms with E-state index < -0.39 is 16.1 Å². The van der Waals surface area contributed by atoms with Crippen molar-refractivity contribution in [2.45, 2.75) is 62.3 Å². The topological polar surface area (TPSA) is 75.3 Å². The van der Waals surface area contributed by atoms with Crippen molar-refractivity contribution >= 4 is 27.7 Å². The third-order valence-corrected chi connectivity index (χ3v) is 9.53. The average Bonchev–Trinajstić information content (AvgIpc) is 2.70. The van der Waals surface area contributed by atoms with Gasteiger partial charge < -0.3 is 5.32 Å². The molecule has 0 saturated heterocycles. The van der Waals surface area contributed by atoms with E-state index in [4.69, 9.17) is 0 Å². The van der Waals surface area contributed by atoms with E-state index >= 15 is 0 Å². The maximum atomic E-state index is 12.9. The summed E-state index contributed by atoms with van der Waals surface area (Å²) in [6, 6.07) is 7.53. The Morgan fingerprint density at radius 2 is 1.70 bits per heavy atom. The Kier molecular flexibility index (Phi) is 6.80. The maximum Gasteiger partial charge on any atom is 0.241 e. The summed E-state index contributed by atoms with van der Waals surface area (Å²) in [6.07, 6.45) is 11.7. The van der Waals surface area contributed by atoms with Crippen LogP contribution in [-0.4, -0.2) is 38.9 Å². The summed E-state index contributed by atoms with van der Waals surface area (Å²) < 4.78 is 28.1. The molecule has 0 aromatic heterocycles. The molecule has 0 aliphatic heterocycles. The first-order valence-corrected chi connectivity index (χ1v) is 14.1. The van der Waals surface area contributed by atoms with E-state index in [9.17, 15) is 13.2 Å². The third kappa shape index (κ3) is 5.05. The molecule has 7 heteroatoms. The first-order valence-electron chi connectivity index (χ1n) is 11.2. The Bertz CT molecular complexity index is 806. The van der Waals surface area contributed by atoms with Gasteiger partial charge in [0, 0.05) is 6.54 Å². The Morgan fingerprint density at radius 3 is 2.27 bits per heavy atom. The summed E-state index contributed by atoms with van der Waals surface area (Å²) in [6.45, 7) is 0.647. The van der Waals surface area contributed by atoms with Crippen molar-refractivity contribution in [3.8, 4) is 0 Å². The van der Waals surface area contributed by atoms with Gasteiger partial charge in [-0.15, -0.1) is 0 Å². The highest BCUT2D eigenvalue weighted by molar-refractivity contribution is 7.98. The molecule has 1 unspecified atom stereocenters. The highest BCUT2D eigenvalue weighted by Gasteiger charge is 2.50. The second kappa shape index (κ2) is 9.21. The SMILES string of the molecule is CSCCC(NS(=O)(=O)c1ccccc1)C(=O)NCCC12CC3CC(CC(C3)C1)C2. The van der Waals surface area contributed by atoms with Crippen LogP contribution in [0.5, 0.6) is 0 Å². The molecular formula is C23H34N2O3S2. The molecule has 0 radical (unpaired) electrons. The second-order valence-corrected chi connectivity index (χ2v) is 12.4. The monoisotopic (exact) mass is 450 g/mol. The van der Waals surface area contributed by atoms with Crippen LogP contribution < -0.4 is 10.0 Å². The third-order valence-electron chi connectivity index (χ3n) is 7.40. The normalized spacial score (nSPS) is 30.9. The number of hydrogen-bond acceptors (Lipinski definition) is 4. The number of sulfonamides is 1. The smallest absolute Gasteiger partial charge is 0.241 e. The van der Waals surface area contributed by atoms with Crippen LogP contribution in [0.1, 0.15) is 51.4 Å². The van der Waals surface area contributed by atoms with E-state index in [2.05, 4.69) is 10.0 Å². The lowest BCUT2D eigenvalue weighted by atomic mass is 9.49. The molecule has 166 valence electrons. The first-order chi connectivity index (χ1) is 14.4. The fraction of sp³-hybridized carbons (Fsp3) is 0.696. The second-order valence-electron chi connectivity index (χ2n) is 9.73. The van der Waals surface area contributed by atoms with Crippen molar-refractivity contribution in [3.63, 3.8) is 0 Å². The van der Waals surface area contributed by atoms with Gasteiger partial charge in [0.15, 0.2) is 0 Å². The van der Waals surface area contributed by atoms with E-state index in [-0.39, 0.29) is 10.8 Å². The molecule has 5 nitrogen and oxygen atoms in total. The fourth-order valence-electron chi connectivity index (χ4n) is 6.50. The zero-order valence-electron chi connectivity index (χ0n) is 17.8. The van der Waals surface area contributed by atoms with Gasteiger partial charge in [-0.2, -0.15) is 16.5 Å². The van der Waals surface area contributed by atoms with Crippen molar-refractivity contribution in [2.24, 2.45) is 23.2 Å². The number of nitrogens with one attached hydrogen (secondary N) is 2. The highest BCUT2D eigenvalue weighted by atomic mass is 32.2. The van der Waals surface area contributed by atoms with E-state index in [1.807, 2.05) is 6.26 Å². The Balaban J connectivity index is 1.34. The van der Waals surface area contributed by atoms with E-state index in [0.717, 1.165) is 29.9 Å². The van der Waals surface area contributed by atoms with Crippen LogP contribution in [0.3, 0.4) is 0 Å². The number of hydrogen-bond donors (Lipinski definition) is 2. The van der Waals surface area contributed by atoms with E-state index in [1.165, 1.54) is 38.5 Å². The number of carbonyl (C=O) groups is 1. The Labute approximate surface area is 185 Å². The lowest BCUT2D eigenvalue weighted by Crippen LogP contribution is -2.49. The van der Waals surface area contributed by atoms with Gasteiger partial charge in [-0.3, -0.25) is 4.79 Å². The van der Waals surface area contributed by atoms with Crippen molar-refractivity contribution in [1.82, 2.24) is 10.0 Å². The zero-order valence-corrected chi connectivity index (χ0v) is 19.4. The van der Waals surface area contributed by atoms with Gasteiger partial charge in [-0.1, -0.05) is 18.2 Å². The molecule has 1 aromatic rings. The van der Waals surface area contributed by atoms with Crippen LogP contribution in [0, 0.1) is 23.2 Å². The van der Waals surface area contributed by atoms with Gasteiger partial charge in [0.1, 0.15) is 6.04 Å². The van der Waals surface area contributed by atoms with Crippen LogP contribution in [0.4, 0.5) is 0 Å². The van der Waals surface area contributed by atoms with E-state index in [0.29, 0.717) is 18.4 Å². The maximum absolute atomic E-state index is 12.9. The molecule has 4 aliphatic carbocycles. The lowest BCUT2D eigenvalue weighted by Gasteiger charge is -2.57. The van der Waals surface area contributed by atoms with Crippen LogP contribution >= 0.6 is 11.8 Å². The molecule has 4 bridgehead atoms. The number of rotatable bonds is 10. The highest BCUT2D eigenvalue weighted by Crippen LogP contribution is 2.61. The molecule has 4 saturated carbocycles. The zero-order chi connectivity index (χ0) is 21.2.